The molecule has 6 nitrogen and oxygen atoms in total. The normalized spacial score (nSPS) is 24.6. The quantitative estimate of drug-likeness (QED) is 0.822. The van der Waals surface area contributed by atoms with Gasteiger partial charge in [0, 0.05) is 19.6 Å². The van der Waals surface area contributed by atoms with E-state index in [1.807, 2.05) is 22.4 Å². The number of likely N-dealkylation sites (tertiary alicyclic amines) is 2. The summed E-state index contributed by atoms with van der Waals surface area (Å²) in [5.74, 6) is 2.74. The van der Waals surface area contributed by atoms with Crippen LogP contribution in [0.3, 0.4) is 0 Å². The van der Waals surface area contributed by atoms with Crippen molar-refractivity contribution >= 4 is 17.2 Å². The van der Waals surface area contributed by atoms with Crippen LogP contribution in [0.4, 0.5) is 0 Å². The summed E-state index contributed by atoms with van der Waals surface area (Å²) in [6, 6.07) is 4.09. The molecule has 4 heterocycles. The van der Waals surface area contributed by atoms with Crippen LogP contribution in [0, 0.1) is 5.92 Å². The number of rotatable bonds is 5. The summed E-state index contributed by atoms with van der Waals surface area (Å²) in [5, 5.41) is 6.16. The van der Waals surface area contributed by atoms with Crippen molar-refractivity contribution in [3.8, 4) is 0 Å². The van der Waals surface area contributed by atoms with Crippen LogP contribution in [0.5, 0.6) is 0 Å². The molecule has 5 rings (SSSR count). The first kappa shape index (κ1) is 15.5. The third kappa shape index (κ3) is 3.00. The fraction of sp³-hybridized carbons (Fsp3) is 0.611. The molecule has 1 atom stereocenters. The molecule has 0 bridgehead atoms. The number of aromatic nitrogens is 2. The van der Waals surface area contributed by atoms with Gasteiger partial charge in [-0.15, -0.1) is 11.3 Å². The molecule has 2 aromatic rings. The predicted octanol–water partition coefficient (Wildman–Crippen LogP) is 2.92. The Morgan fingerprint density at radius 3 is 2.96 bits per heavy atom. The van der Waals surface area contributed by atoms with E-state index in [1.54, 1.807) is 0 Å². The first-order valence-corrected chi connectivity index (χ1v) is 10.1. The molecule has 0 radical (unpaired) electrons. The van der Waals surface area contributed by atoms with E-state index >= 15 is 0 Å². The average molecular weight is 358 g/mol. The van der Waals surface area contributed by atoms with Crippen LogP contribution < -0.4 is 0 Å². The minimum atomic E-state index is 0.112. The number of carbonyl (C=O) groups is 1. The number of carbonyl (C=O) groups excluding carboxylic acids is 1. The van der Waals surface area contributed by atoms with Crippen LogP contribution in [0.15, 0.2) is 22.0 Å². The highest BCUT2D eigenvalue weighted by atomic mass is 32.1. The van der Waals surface area contributed by atoms with E-state index in [9.17, 15) is 4.79 Å². The van der Waals surface area contributed by atoms with E-state index in [-0.39, 0.29) is 11.8 Å². The molecule has 0 spiro atoms. The van der Waals surface area contributed by atoms with E-state index < -0.39 is 0 Å². The first-order valence-electron chi connectivity index (χ1n) is 9.18. The summed E-state index contributed by atoms with van der Waals surface area (Å²) in [7, 11) is 0. The van der Waals surface area contributed by atoms with E-state index in [0.717, 1.165) is 35.5 Å². The van der Waals surface area contributed by atoms with Crippen molar-refractivity contribution in [3.05, 3.63) is 34.1 Å². The summed E-state index contributed by atoms with van der Waals surface area (Å²) in [6.07, 6.45) is 5.06. The van der Waals surface area contributed by atoms with Crippen LogP contribution in [0.1, 0.15) is 59.0 Å². The van der Waals surface area contributed by atoms with Gasteiger partial charge in [0.1, 0.15) is 0 Å². The van der Waals surface area contributed by atoms with E-state index in [2.05, 4.69) is 10.1 Å². The lowest BCUT2D eigenvalue weighted by atomic mass is 9.99. The molecule has 1 aliphatic carbocycles. The zero-order valence-corrected chi connectivity index (χ0v) is 15.0. The van der Waals surface area contributed by atoms with Gasteiger partial charge in [0.25, 0.3) is 5.91 Å². The van der Waals surface area contributed by atoms with Crippen molar-refractivity contribution in [3.63, 3.8) is 0 Å². The number of hydrogen-bond acceptors (Lipinski definition) is 6. The van der Waals surface area contributed by atoms with Crippen molar-refractivity contribution in [1.29, 1.82) is 0 Å². The number of amides is 1. The summed E-state index contributed by atoms with van der Waals surface area (Å²) in [6.45, 7) is 3.69. The second-order valence-electron chi connectivity index (χ2n) is 7.47. The van der Waals surface area contributed by atoms with Gasteiger partial charge in [0.15, 0.2) is 5.82 Å². The maximum atomic E-state index is 12.3. The molecule has 25 heavy (non-hydrogen) atoms. The van der Waals surface area contributed by atoms with E-state index in [4.69, 9.17) is 9.51 Å². The molecule has 132 valence electrons. The predicted molar refractivity (Wildman–Crippen MR) is 93.5 cm³/mol. The van der Waals surface area contributed by atoms with Crippen molar-refractivity contribution in [2.24, 2.45) is 5.92 Å². The van der Waals surface area contributed by atoms with Crippen molar-refractivity contribution in [2.75, 3.05) is 26.2 Å². The molecule has 2 aliphatic heterocycles. The summed E-state index contributed by atoms with van der Waals surface area (Å²) in [4.78, 5) is 22.2. The minimum absolute atomic E-state index is 0.112. The van der Waals surface area contributed by atoms with Gasteiger partial charge in [-0.1, -0.05) is 11.2 Å². The minimum Gasteiger partial charge on any atom is -0.338 e. The lowest BCUT2D eigenvalue weighted by Crippen LogP contribution is -2.48. The molecule has 1 amide bonds. The Kier molecular flexibility index (Phi) is 3.86. The van der Waals surface area contributed by atoms with Gasteiger partial charge < -0.3 is 9.42 Å². The second kappa shape index (κ2) is 6.21. The van der Waals surface area contributed by atoms with E-state index in [1.165, 1.54) is 37.1 Å². The van der Waals surface area contributed by atoms with Crippen molar-refractivity contribution in [2.45, 2.75) is 37.6 Å². The second-order valence-corrected chi connectivity index (χ2v) is 8.42. The maximum absolute atomic E-state index is 12.3. The summed E-state index contributed by atoms with van der Waals surface area (Å²) < 4.78 is 5.60. The summed E-state index contributed by atoms with van der Waals surface area (Å²) >= 11 is 1.49. The average Bonchev–Trinajstić information content (AvgIpc) is 3.02. The van der Waals surface area contributed by atoms with Gasteiger partial charge in [0.2, 0.25) is 5.89 Å². The van der Waals surface area contributed by atoms with Gasteiger partial charge in [-0.05, 0) is 49.6 Å². The zero-order valence-electron chi connectivity index (χ0n) is 14.1. The first-order chi connectivity index (χ1) is 12.3. The fourth-order valence-electron chi connectivity index (χ4n) is 3.87. The molecule has 7 heteroatoms. The Balaban J connectivity index is 1.21. The van der Waals surface area contributed by atoms with Gasteiger partial charge in [-0.2, -0.15) is 4.98 Å². The molecule has 2 saturated heterocycles. The highest BCUT2D eigenvalue weighted by molar-refractivity contribution is 7.12. The molecular formula is C18H22N4O2S. The monoisotopic (exact) mass is 358 g/mol. The maximum Gasteiger partial charge on any atom is 0.263 e. The highest BCUT2D eigenvalue weighted by Gasteiger charge is 2.38. The highest BCUT2D eigenvalue weighted by Crippen LogP contribution is 2.37. The van der Waals surface area contributed by atoms with Crippen LogP contribution in [0.25, 0.3) is 0 Å². The van der Waals surface area contributed by atoms with Gasteiger partial charge in [0.05, 0.1) is 16.8 Å². The van der Waals surface area contributed by atoms with Gasteiger partial charge in [-0.3, -0.25) is 9.69 Å². The number of hydrogen-bond donors (Lipinski definition) is 0. The molecule has 3 fully saturated rings. The van der Waals surface area contributed by atoms with E-state index in [0.29, 0.717) is 19.1 Å². The largest absolute Gasteiger partial charge is 0.338 e. The Morgan fingerprint density at radius 1 is 1.32 bits per heavy atom. The lowest BCUT2D eigenvalue weighted by molar-refractivity contribution is 0.0597. The van der Waals surface area contributed by atoms with Crippen LogP contribution in [-0.4, -0.2) is 52.0 Å². The smallest absolute Gasteiger partial charge is 0.263 e. The molecule has 2 aromatic heterocycles. The Morgan fingerprint density at radius 2 is 2.20 bits per heavy atom. The zero-order chi connectivity index (χ0) is 16.8. The number of thiophene rings is 1. The molecule has 1 saturated carbocycles. The Hall–Kier alpha value is -1.73. The molecule has 3 aliphatic rings. The SMILES string of the molecule is O=C(c1cccs1)N1CC(c2noc(C3CCCN3CC3CC3)n2)C1. The van der Waals surface area contributed by atoms with Crippen LogP contribution in [-0.2, 0) is 0 Å². The third-order valence-electron chi connectivity index (χ3n) is 5.56. The molecule has 0 N–H and O–H groups in total. The summed E-state index contributed by atoms with van der Waals surface area (Å²) in [5.41, 5.74) is 0. The molecule has 1 unspecified atom stereocenters. The fourth-order valence-corrected chi connectivity index (χ4v) is 4.56. The third-order valence-corrected chi connectivity index (χ3v) is 6.42. The topological polar surface area (TPSA) is 62.5 Å². The van der Waals surface area contributed by atoms with Gasteiger partial charge >= 0.3 is 0 Å². The van der Waals surface area contributed by atoms with Crippen LogP contribution in [0.2, 0.25) is 0 Å². The standard InChI is InChI=1S/C18H22N4O2S/c23-18(15-4-2-8-25-15)22-10-13(11-22)16-19-17(24-20-16)14-3-1-7-21(14)9-12-5-6-12/h2,4,8,12-14H,1,3,5-7,9-11H2. The molecular weight excluding hydrogens is 336 g/mol. The van der Waals surface area contributed by atoms with Crippen LogP contribution >= 0.6 is 11.3 Å². The van der Waals surface area contributed by atoms with Crippen molar-refractivity contribution in [1.82, 2.24) is 19.9 Å². The van der Waals surface area contributed by atoms with Gasteiger partial charge in [-0.25, -0.2) is 0 Å². The Labute approximate surface area is 150 Å². The Bertz CT molecular complexity index is 749. The van der Waals surface area contributed by atoms with Crippen molar-refractivity contribution < 1.29 is 9.32 Å². The number of nitrogens with zero attached hydrogens (tertiary/aromatic N) is 4. The molecule has 0 aromatic carbocycles. The lowest BCUT2D eigenvalue weighted by Gasteiger charge is -2.37.